The molecule has 122 valence electrons. The molecule has 7 heteroatoms. The minimum absolute atomic E-state index is 0.156. The molecule has 0 atom stereocenters. The number of aromatic nitrogens is 1. The zero-order valence-electron chi connectivity index (χ0n) is 13.1. The van der Waals surface area contributed by atoms with Crippen LogP contribution in [0.3, 0.4) is 0 Å². The molecule has 0 spiro atoms. The van der Waals surface area contributed by atoms with Crippen molar-refractivity contribution in [2.75, 3.05) is 11.9 Å². The molecule has 1 aromatic heterocycles. The molecule has 0 aliphatic carbocycles. The van der Waals surface area contributed by atoms with E-state index in [0.717, 1.165) is 17.5 Å². The van der Waals surface area contributed by atoms with Crippen molar-refractivity contribution in [3.8, 4) is 17.0 Å². The number of hydrogen-bond donors (Lipinski definition) is 4. The van der Waals surface area contributed by atoms with Crippen LogP contribution in [0.15, 0.2) is 24.3 Å². The van der Waals surface area contributed by atoms with E-state index in [4.69, 9.17) is 16.2 Å². The fourth-order valence-corrected chi connectivity index (χ4v) is 2.30. The van der Waals surface area contributed by atoms with E-state index in [1.165, 1.54) is 0 Å². The lowest BCUT2D eigenvalue weighted by Crippen LogP contribution is -2.22. The fourth-order valence-electron chi connectivity index (χ4n) is 2.30. The summed E-state index contributed by atoms with van der Waals surface area (Å²) in [7, 11) is 0. The van der Waals surface area contributed by atoms with E-state index in [2.05, 4.69) is 10.3 Å². The van der Waals surface area contributed by atoms with E-state index in [9.17, 15) is 9.59 Å². The fraction of sp³-hybridized carbons (Fsp3) is 0.250. The number of ether oxygens (including phenoxy) is 1. The van der Waals surface area contributed by atoms with Gasteiger partial charge in [-0.15, -0.1) is 0 Å². The Kier molecular flexibility index (Phi) is 4.90. The molecular formula is C16H20N4O3. The summed E-state index contributed by atoms with van der Waals surface area (Å²) in [6, 6.07) is 6.62. The molecule has 6 N–H and O–H groups in total. The molecule has 0 aliphatic rings. The molecule has 1 aromatic carbocycles. The topological polar surface area (TPSA) is 123 Å². The van der Waals surface area contributed by atoms with Crippen LogP contribution in [0.2, 0.25) is 0 Å². The van der Waals surface area contributed by atoms with Gasteiger partial charge in [-0.1, -0.05) is 13.0 Å². The number of anilines is 1. The van der Waals surface area contributed by atoms with Crippen LogP contribution in [-0.2, 0) is 6.42 Å². The lowest BCUT2D eigenvalue weighted by atomic mass is 10.0. The monoisotopic (exact) mass is 316 g/mol. The van der Waals surface area contributed by atoms with Crippen molar-refractivity contribution in [2.45, 2.75) is 20.3 Å². The number of rotatable bonds is 6. The van der Waals surface area contributed by atoms with Crippen LogP contribution < -0.4 is 21.5 Å². The van der Waals surface area contributed by atoms with E-state index in [-0.39, 0.29) is 11.4 Å². The van der Waals surface area contributed by atoms with Gasteiger partial charge in [0.1, 0.15) is 11.6 Å². The van der Waals surface area contributed by atoms with Gasteiger partial charge in [0, 0.05) is 5.56 Å². The minimum atomic E-state index is -0.784. The normalized spacial score (nSPS) is 10.3. The second-order valence-electron chi connectivity index (χ2n) is 4.94. The van der Waals surface area contributed by atoms with Crippen molar-refractivity contribution in [3.63, 3.8) is 0 Å². The van der Waals surface area contributed by atoms with Crippen LogP contribution in [0, 0.1) is 0 Å². The molecule has 0 saturated heterocycles. The van der Waals surface area contributed by atoms with Gasteiger partial charge in [0.15, 0.2) is 0 Å². The summed E-state index contributed by atoms with van der Waals surface area (Å²) >= 11 is 0. The third kappa shape index (κ3) is 3.63. The molecule has 0 fully saturated rings. The van der Waals surface area contributed by atoms with Crippen LogP contribution >= 0.6 is 0 Å². The highest BCUT2D eigenvalue weighted by Crippen LogP contribution is 2.33. The highest BCUT2D eigenvalue weighted by Gasteiger charge is 2.17. The minimum Gasteiger partial charge on any atom is -0.493 e. The highest BCUT2D eigenvalue weighted by atomic mass is 16.5. The van der Waals surface area contributed by atoms with E-state index >= 15 is 0 Å². The molecule has 0 saturated carbocycles. The van der Waals surface area contributed by atoms with Crippen LogP contribution in [-0.4, -0.2) is 23.5 Å². The number of H-pyrrole nitrogens is 1. The average Bonchev–Trinajstić information content (AvgIpc) is 2.91. The molecule has 0 bridgehead atoms. The standard InChI is InChI=1S/C16H20N4O3/c1-3-9-5-6-13(23-4-2)10(7-9)12-8-11(14(17)21)15(19-12)20-16(18)22/h5-8,19H,3-4H2,1-2H3,(H2,17,21)(H3,18,20,22). The Balaban J connectivity index is 2.56. The van der Waals surface area contributed by atoms with E-state index in [1.807, 2.05) is 32.0 Å². The SMILES string of the molecule is CCOc1ccc(CC)cc1-c1cc(C(N)=O)c(NC(N)=O)[nH]1. The largest absolute Gasteiger partial charge is 0.493 e. The summed E-state index contributed by atoms with van der Waals surface area (Å²) in [4.78, 5) is 25.6. The van der Waals surface area contributed by atoms with Crippen molar-refractivity contribution in [2.24, 2.45) is 11.5 Å². The Hall–Kier alpha value is -2.96. The summed E-state index contributed by atoms with van der Waals surface area (Å²) in [6.07, 6.45) is 0.856. The lowest BCUT2D eigenvalue weighted by molar-refractivity contribution is 0.100. The van der Waals surface area contributed by atoms with Crippen molar-refractivity contribution < 1.29 is 14.3 Å². The Morgan fingerprint density at radius 1 is 1.22 bits per heavy atom. The number of primary amides is 2. The number of aromatic amines is 1. The van der Waals surface area contributed by atoms with Crippen molar-refractivity contribution in [1.82, 2.24) is 4.98 Å². The third-order valence-corrected chi connectivity index (χ3v) is 3.37. The number of benzene rings is 1. The maximum absolute atomic E-state index is 11.6. The van der Waals surface area contributed by atoms with Crippen molar-refractivity contribution in [1.29, 1.82) is 0 Å². The molecular weight excluding hydrogens is 296 g/mol. The van der Waals surface area contributed by atoms with Crippen LogP contribution in [0.1, 0.15) is 29.8 Å². The Morgan fingerprint density at radius 3 is 2.52 bits per heavy atom. The summed E-state index contributed by atoms with van der Waals surface area (Å²) in [5.41, 5.74) is 13.1. The zero-order valence-corrected chi connectivity index (χ0v) is 13.1. The molecule has 3 amide bonds. The second-order valence-corrected chi connectivity index (χ2v) is 4.94. The lowest BCUT2D eigenvalue weighted by Gasteiger charge is -2.10. The van der Waals surface area contributed by atoms with E-state index < -0.39 is 11.9 Å². The summed E-state index contributed by atoms with van der Waals surface area (Å²) in [5.74, 6) is 0.179. The maximum atomic E-state index is 11.6. The number of urea groups is 1. The van der Waals surface area contributed by atoms with Crippen LogP contribution in [0.4, 0.5) is 10.6 Å². The first kappa shape index (κ1) is 16.4. The van der Waals surface area contributed by atoms with Gasteiger partial charge in [-0.2, -0.15) is 0 Å². The van der Waals surface area contributed by atoms with E-state index in [1.54, 1.807) is 6.07 Å². The maximum Gasteiger partial charge on any atom is 0.317 e. The molecule has 0 unspecified atom stereocenters. The first-order valence-corrected chi connectivity index (χ1v) is 7.31. The van der Waals surface area contributed by atoms with Crippen LogP contribution in [0.25, 0.3) is 11.3 Å². The van der Waals surface area contributed by atoms with Crippen molar-refractivity contribution >= 4 is 17.8 Å². The van der Waals surface area contributed by atoms with Crippen molar-refractivity contribution in [3.05, 3.63) is 35.4 Å². The highest BCUT2D eigenvalue weighted by molar-refractivity contribution is 6.03. The Bertz CT molecular complexity index is 737. The molecule has 2 rings (SSSR count). The predicted molar refractivity (Wildman–Crippen MR) is 88.5 cm³/mol. The zero-order chi connectivity index (χ0) is 17.0. The Morgan fingerprint density at radius 2 is 1.96 bits per heavy atom. The number of nitrogens with two attached hydrogens (primary N) is 2. The van der Waals surface area contributed by atoms with E-state index in [0.29, 0.717) is 18.1 Å². The number of amides is 3. The molecule has 7 nitrogen and oxygen atoms in total. The Labute approximate surface area is 134 Å². The molecule has 1 heterocycles. The third-order valence-electron chi connectivity index (χ3n) is 3.37. The van der Waals surface area contributed by atoms with Gasteiger partial charge in [0.2, 0.25) is 0 Å². The first-order valence-electron chi connectivity index (χ1n) is 7.31. The number of carbonyl (C=O) groups is 2. The molecule has 0 aliphatic heterocycles. The van der Waals surface area contributed by atoms with Crippen LogP contribution in [0.5, 0.6) is 5.75 Å². The van der Waals surface area contributed by atoms with Gasteiger partial charge in [0.05, 0.1) is 17.9 Å². The van der Waals surface area contributed by atoms with Gasteiger partial charge >= 0.3 is 6.03 Å². The van der Waals surface area contributed by atoms with Gasteiger partial charge in [-0.3, -0.25) is 10.1 Å². The van der Waals surface area contributed by atoms with Gasteiger partial charge in [-0.25, -0.2) is 4.79 Å². The van der Waals surface area contributed by atoms with Gasteiger partial charge in [-0.05, 0) is 37.1 Å². The number of aryl methyl sites for hydroxylation is 1. The number of hydrogen-bond acceptors (Lipinski definition) is 3. The molecule has 0 radical (unpaired) electrons. The number of nitrogens with one attached hydrogen (secondary N) is 2. The van der Waals surface area contributed by atoms with Gasteiger partial charge in [0.25, 0.3) is 5.91 Å². The first-order chi connectivity index (χ1) is 11.0. The predicted octanol–water partition coefficient (Wildman–Crippen LogP) is 2.23. The summed E-state index contributed by atoms with van der Waals surface area (Å²) < 4.78 is 5.63. The summed E-state index contributed by atoms with van der Waals surface area (Å²) in [6.45, 7) is 4.44. The molecule has 23 heavy (non-hydrogen) atoms. The summed E-state index contributed by atoms with van der Waals surface area (Å²) in [5, 5.41) is 2.37. The number of carbonyl (C=O) groups excluding carboxylic acids is 2. The molecule has 2 aromatic rings. The second kappa shape index (κ2) is 6.87. The van der Waals surface area contributed by atoms with Gasteiger partial charge < -0.3 is 21.2 Å². The average molecular weight is 316 g/mol. The quantitative estimate of drug-likeness (QED) is 0.653. The smallest absolute Gasteiger partial charge is 0.317 e.